The topological polar surface area (TPSA) is 42.4 Å². The summed E-state index contributed by atoms with van der Waals surface area (Å²) in [4.78, 5) is 3.56. The van der Waals surface area contributed by atoms with Gasteiger partial charge in [0.15, 0.2) is 0 Å². The highest BCUT2D eigenvalue weighted by Gasteiger charge is 2.38. The highest BCUT2D eigenvalue weighted by atomic mass is 14.9. The Bertz CT molecular complexity index is 186. The van der Waals surface area contributed by atoms with Crippen molar-refractivity contribution < 1.29 is 0 Å². The maximum Gasteiger partial charge on any atom is 0.242 e. The first-order valence-corrected chi connectivity index (χ1v) is 4.43. The van der Waals surface area contributed by atoms with Crippen molar-refractivity contribution in [1.82, 2.24) is 5.32 Å². The molecule has 0 saturated carbocycles. The predicted molar refractivity (Wildman–Crippen MR) is 49.6 cm³/mol. The van der Waals surface area contributed by atoms with Gasteiger partial charge in [-0.3, -0.25) is 0 Å². The molecule has 0 aromatic heterocycles. The van der Waals surface area contributed by atoms with Crippen molar-refractivity contribution in [2.45, 2.75) is 31.8 Å². The standard InChI is InChI=1S/C9H17N3/c1-9(2,11-3)8(10)7-4-5-12-6-7/h7-8,12H,4-6,10H2,1-2H3. The third kappa shape index (κ3) is 1.77. The molecule has 1 heterocycles. The molecule has 12 heavy (non-hydrogen) atoms. The summed E-state index contributed by atoms with van der Waals surface area (Å²) in [6, 6.07) is 0.00463. The van der Waals surface area contributed by atoms with Crippen LogP contribution in [0.3, 0.4) is 0 Å². The van der Waals surface area contributed by atoms with Gasteiger partial charge in [0.05, 0.1) is 6.04 Å². The van der Waals surface area contributed by atoms with Gasteiger partial charge in [-0.2, -0.15) is 0 Å². The second-order valence-electron chi connectivity index (χ2n) is 4.04. The van der Waals surface area contributed by atoms with Crippen molar-refractivity contribution in [2.24, 2.45) is 11.7 Å². The monoisotopic (exact) mass is 167 g/mol. The third-order valence-electron chi connectivity index (χ3n) is 2.71. The molecule has 2 unspecified atom stereocenters. The first kappa shape index (κ1) is 9.50. The van der Waals surface area contributed by atoms with E-state index < -0.39 is 5.54 Å². The minimum Gasteiger partial charge on any atom is -0.321 e. The largest absolute Gasteiger partial charge is 0.321 e. The quantitative estimate of drug-likeness (QED) is 0.592. The number of hydrogen-bond donors (Lipinski definition) is 2. The lowest BCUT2D eigenvalue weighted by Crippen LogP contribution is -2.46. The summed E-state index contributed by atoms with van der Waals surface area (Å²) in [6.07, 6.45) is 1.11. The Morgan fingerprint density at radius 3 is 2.75 bits per heavy atom. The van der Waals surface area contributed by atoms with Crippen LogP contribution in [0, 0.1) is 12.5 Å². The fourth-order valence-corrected chi connectivity index (χ4v) is 1.63. The van der Waals surface area contributed by atoms with Crippen LogP contribution in [-0.2, 0) is 0 Å². The molecule has 2 atom stereocenters. The van der Waals surface area contributed by atoms with Crippen molar-refractivity contribution in [2.75, 3.05) is 13.1 Å². The van der Waals surface area contributed by atoms with Crippen molar-refractivity contribution in [3.63, 3.8) is 0 Å². The minimum atomic E-state index is -0.406. The van der Waals surface area contributed by atoms with E-state index >= 15 is 0 Å². The van der Waals surface area contributed by atoms with Crippen LogP contribution < -0.4 is 11.1 Å². The van der Waals surface area contributed by atoms with Gasteiger partial charge in [0.25, 0.3) is 0 Å². The third-order valence-corrected chi connectivity index (χ3v) is 2.71. The molecule has 1 aliphatic heterocycles. The fourth-order valence-electron chi connectivity index (χ4n) is 1.63. The molecule has 0 spiro atoms. The van der Waals surface area contributed by atoms with E-state index in [1.165, 1.54) is 0 Å². The van der Waals surface area contributed by atoms with E-state index in [0.717, 1.165) is 19.5 Å². The van der Waals surface area contributed by atoms with Gasteiger partial charge in [0.1, 0.15) is 0 Å². The van der Waals surface area contributed by atoms with Crippen molar-refractivity contribution >= 4 is 0 Å². The second-order valence-corrected chi connectivity index (χ2v) is 4.04. The van der Waals surface area contributed by atoms with Gasteiger partial charge < -0.3 is 15.9 Å². The zero-order chi connectivity index (χ0) is 9.19. The van der Waals surface area contributed by atoms with Crippen LogP contribution in [0.5, 0.6) is 0 Å². The fraction of sp³-hybridized carbons (Fsp3) is 0.889. The Morgan fingerprint density at radius 2 is 2.33 bits per heavy atom. The first-order valence-electron chi connectivity index (χ1n) is 4.43. The van der Waals surface area contributed by atoms with Crippen LogP contribution in [-0.4, -0.2) is 24.7 Å². The number of nitrogens with two attached hydrogens (primary N) is 1. The molecular weight excluding hydrogens is 150 g/mol. The van der Waals surface area contributed by atoms with Crippen LogP contribution in [0.2, 0.25) is 0 Å². The Balaban J connectivity index is 2.57. The second kappa shape index (κ2) is 3.42. The molecule has 1 saturated heterocycles. The van der Waals surface area contributed by atoms with Gasteiger partial charge in [-0.1, -0.05) is 0 Å². The molecule has 0 aliphatic carbocycles. The first-order chi connectivity index (χ1) is 5.58. The average molecular weight is 167 g/mol. The maximum atomic E-state index is 7.02. The molecule has 0 aromatic rings. The van der Waals surface area contributed by atoms with Gasteiger partial charge >= 0.3 is 0 Å². The summed E-state index contributed by atoms with van der Waals surface area (Å²) in [5, 5.41) is 3.27. The molecule has 1 fully saturated rings. The van der Waals surface area contributed by atoms with E-state index in [1.54, 1.807) is 0 Å². The van der Waals surface area contributed by atoms with E-state index in [9.17, 15) is 0 Å². The number of hydrogen-bond acceptors (Lipinski definition) is 2. The van der Waals surface area contributed by atoms with E-state index in [-0.39, 0.29) is 6.04 Å². The summed E-state index contributed by atoms with van der Waals surface area (Å²) in [5.74, 6) is 0.481. The molecule has 3 nitrogen and oxygen atoms in total. The van der Waals surface area contributed by atoms with Crippen molar-refractivity contribution in [3.05, 3.63) is 11.4 Å². The Labute approximate surface area is 74.1 Å². The Kier molecular flexibility index (Phi) is 2.71. The Hall–Kier alpha value is -0.590. The van der Waals surface area contributed by atoms with E-state index in [4.69, 9.17) is 12.3 Å². The van der Waals surface area contributed by atoms with Gasteiger partial charge in [-0.25, -0.2) is 6.57 Å². The smallest absolute Gasteiger partial charge is 0.242 e. The molecule has 3 N–H and O–H groups in total. The molecule has 0 bridgehead atoms. The van der Waals surface area contributed by atoms with Gasteiger partial charge in [0.2, 0.25) is 5.54 Å². The molecule has 3 heteroatoms. The lowest BCUT2D eigenvalue weighted by Gasteiger charge is -2.24. The number of nitrogens with one attached hydrogen (secondary N) is 1. The summed E-state index contributed by atoms with van der Waals surface area (Å²) in [6.45, 7) is 12.9. The lowest BCUT2D eigenvalue weighted by molar-refractivity contribution is 0.353. The molecule has 0 aromatic carbocycles. The molecule has 0 amide bonds. The van der Waals surface area contributed by atoms with Crippen LogP contribution in [0.15, 0.2) is 0 Å². The minimum absolute atomic E-state index is 0.00463. The van der Waals surface area contributed by atoms with E-state index in [0.29, 0.717) is 5.92 Å². The van der Waals surface area contributed by atoms with E-state index in [1.807, 2.05) is 13.8 Å². The predicted octanol–water partition coefficient (Wildman–Crippen LogP) is 0.621. The molecule has 68 valence electrons. The van der Waals surface area contributed by atoms with Crippen LogP contribution >= 0.6 is 0 Å². The van der Waals surface area contributed by atoms with Crippen molar-refractivity contribution in [3.8, 4) is 0 Å². The van der Waals surface area contributed by atoms with Crippen LogP contribution in [0.4, 0.5) is 0 Å². The summed E-state index contributed by atoms with van der Waals surface area (Å²) in [5.41, 5.74) is 5.61. The van der Waals surface area contributed by atoms with Gasteiger partial charge in [0, 0.05) is 13.8 Å². The highest BCUT2D eigenvalue weighted by Crippen LogP contribution is 2.23. The van der Waals surface area contributed by atoms with Crippen molar-refractivity contribution in [1.29, 1.82) is 0 Å². The summed E-state index contributed by atoms with van der Waals surface area (Å²) >= 11 is 0. The zero-order valence-corrected chi connectivity index (χ0v) is 7.80. The molecule has 1 rings (SSSR count). The van der Waals surface area contributed by atoms with Crippen LogP contribution in [0.25, 0.3) is 4.85 Å². The van der Waals surface area contributed by atoms with E-state index in [2.05, 4.69) is 10.2 Å². The zero-order valence-electron chi connectivity index (χ0n) is 7.80. The SMILES string of the molecule is [C-]#[N+]C(C)(C)C(N)C1CCNC1. The number of rotatable bonds is 2. The average Bonchev–Trinajstić information content (AvgIpc) is 2.55. The maximum absolute atomic E-state index is 7.02. The van der Waals surface area contributed by atoms with Crippen LogP contribution in [0.1, 0.15) is 20.3 Å². The highest BCUT2D eigenvalue weighted by molar-refractivity contribution is 5.03. The summed E-state index contributed by atoms with van der Waals surface area (Å²) < 4.78 is 0. The molecular formula is C9H17N3. The summed E-state index contributed by atoms with van der Waals surface area (Å²) in [7, 11) is 0. The number of nitrogens with zero attached hydrogens (tertiary/aromatic N) is 1. The van der Waals surface area contributed by atoms with Gasteiger partial charge in [-0.05, 0) is 25.4 Å². The van der Waals surface area contributed by atoms with Gasteiger partial charge in [-0.15, -0.1) is 0 Å². The molecule has 1 aliphatic rings. The lowest BCUT2D eigenvalue weighted by atomic mass is 9.85. The Morgan fingerprint density at radius 1 is 1.67 bits per heavy atom. The normalized spacial score (nSPS) is 26.7. The molecule has 0 radical (unpaired) electrons.